The molecule has 0 unspecified atom stereocenters. The Morgan fingerprint density at radius 1 is 0.638 bits per heavy atom. The first-order valence-electron chi connectivity index (χ1n) is 31.3. The number of halogens is 2. The number of fused-ring (bicyclic) bond motifs is 4. The number of aliphatic hydroxyl groups excluding tert-OH is 4. The number of hydrogen-bond acceptors (Lipinski definition) is 32. The lowest BCUT2D eigenvalue weighted by atomic mass is 9.81. The topological polar surface area (TPSA) is 396 Å². The van der Waals surface area contributed by atoms with Gasteiger partial charge in [0.25, 0.3) is 5.97 Å². The van der Waals surface area contributed by atoms with E-state index in [1.54, 1.807) is 41.5 Å². The normalized spacial score (nSPS) is 47.7. The lowest BCUT2D eigenvalue weighted by Gasteiger charge is -2.49. The third-order valence-electron chi connectivity index (χ3n) is 19.2. The maximum Gasteiger partial charge on any atom is 0.342 e. The number of hydrogen-bond donors (Lipinski definition) is 7. The van der Waals surface area contributed by atoms with Gasteiger partial charge in [0.15, 0.2) is 66.4 Å². The number of Topliss-reactive ketones (excluding diaryl/α,β-unsaturated/α-hetero) is 1. The van der Waals surface area contributed by atoms with Gasteiger partial charge in [-0.15, -0.1) is 0 Å². The second-order valence-electron chi connectivity index (χ2n) is 26.0. The van der Waals surface area contributed by atoms with Crippen LogP contribution in [0.25, 0.3) is 0 Å². The number of rotatable bonds is 17. The van der Waals surface area contributed by atoms with E-state index in [0.29, 0.717) is 0 Å². The van der Waals surface area contributed by atoms with E-state index >= 15 is 0 Å². The molecule has 7 N–H and O–H groups in total. The van der Waals surface area contributed by atoms with E-state index in [1.165, 1.54) is 49.0 Å². The highest BCUT2D eigenvalue weighted by atomic mass is 35.5. The molecule has 34 heteroatoms. The Kier molecular flexibility index (Phi) is 21.4. The summed E-state index contributed by atoms with van der Waals surface area (Å²) in [4.78, 5) is 39.6. The van der Waals surface area contributed by atoms with Crippen molar-refractivity contribution in [1.29, 1.82) is 0 Å². The lowest BCUT2D eigenvalue weighted by molar-refractivity contribution is -0.428. The molecule has 10 heterocycles. The molecule has 0 saturated carbocycles. The smallest absolute Gasteiger partial charge is 0.342 e. The van der Waals surface area contributed by atoms with Crippen molar-refractivity contribution in [3.63, 3.8) is 0 Å². The maximum absolute atomic E-state index is 13.4. The summed E-state index contributed by atoms with van der Waals surface area (Å²) < 4.78 is 136. The van der Waals surface area contributed by atoms with E-state index in [2.05, 4.69) is 0 Å². The third-order valence-corrected chi connectivity index (χ3v) is 20.0. The van der Waals surface area contributed by atoms with Crippen LogP contribution in [0.4, 0.5) is 0 Å². The van der Waals surface area contributed by atoms with Crippen molar-refractivity contribution >= 4 is 40.9 Å². The molecule has 2 spiro atoms. The van der Waals surface area contributed by atoms with Crippen LogP contribution in [-0.4, -0.2) is 284 Å². The van der Waals surface area contributed by atoms with Gasteiger partial charge in [0.05, 0.1) is 73.3 Å². The molecule has 32 nitrogen and oxygen atoms in total. The van der Waals surface area contributed by atoms with E-state index in [4.69, 9.17) is 127 Å². The highest BCUT2D eigenvalue weighted by Gasteiger charge is 2.73. The number of carbonyl (C=O) groups excluding carboxylic acids is 3. The molecular formula is C60H86Cl2O32. The number of ketones is 1. The fourth-order valence-electron chi connectivity index (χ4n) is 14.4. The number of aliphatic hydroxyl groups is 5. The summed E-state index contributed by atoms with van der Waals surface area (Å²) in [5.41, 5.74) is -3.75. The first-order valence-corrected chi connectivity index (χ1v) is 32.1. The Morgan fingerprint density at radius 3 is 1.98 bits per heavy atom. The molecule has 10 saturated heterocycles. The van der Waals surface area contributed by atoms with Gasteiger partial charge in [0.2, 0.25) is 6.29 Å². The van der Waals surface area contributed by atoms with Crippen LogP contribution < -0.4 is 0 Å². The van der Waals surface area contributed by atoms with Gasteiger partial charge < -0.3 is 140 Å². The van der Waals surface area contributed by atoms with Crippen molar-refractivity contribution in [3.05, 3.63) is 21.2 Å². The van der Waals surface area contributed by atoms with Gasteiger partial charge in [-0.1, -0.05) is 37.0 Å². The predicted molar refractivity (Wildman–Crippen MR) is 308 cm³/mol. The van der Waals surface area contributed by atoms with Crippen molar-refractivity contribution in [2.24, 2.45) is 5.92 Å². The van der Waals surface area contributed by atoms with Gasteiger partial charge in [-0.2, -0.15) is 0 Å². The summed E-state index contributed by atoms with van der Waals surface area (Å²) >= 11 is 12.1. The molecule has 1 aromatic carbocycles. The van der Waals surface area contributed by atoms with E-state index in [0.717, 1.165) is 0 Å². The average Bonchev–Trinajstić information content (AvgIpc) is 1.53. The van der Waals surface area contributed by atoms with Gasteiger partial charge in [-0.3, -0.25) is 9.59 Å². The number of ether oxygens (including phenoxy) is 22. The van der Waals surface area contributed by atoms with Gasteiger partial charge in [0, 0.05) is 34.2 Å². The fraction of sp³-hybridized carbons (Fsp3) is 0.850. The minimum Gasteiger partial charge on any atom is -0.505 e. The predicted octanol–water partition coefficient (Wildman–Crippen LogP) is 0.749. The van der Waals surface area contributed by atoms with Crippen LogP contribution >= 0.6 is 23.2 Å². The van der Waals surface area contributed by atoms with Crippen LogP contribution in [-0.2, 0) is 114 Å². The molecule has 1 aromatic rings. The van der Waals surface area contributed by atoms with Crippen LogP contribution in [0.15, 0.2) is 0 Å². The summed E-state index contributed by atoms with van der Waals surface area (Å²) in [6.07, 6.45) is -33.1. The number of carbonyl (C=O) groups is 3. The second-order valence-corrected chi connectivity index (χ2v) is 26.8. The number of phenolic OH excluding ortho intramolecular Hbond substituents is 2. The van der Waals surface area contributed by atoms with Crippen LogP contribution in [0.3, 0.4) is 0 Å². The second kappa shape index (κ2) is 27.9. The molecule has 0 aromatic heterocycles. The number of phenols is 2. The Hall–Kier alpha value is -2.99. The average molecular weight is 1390 g/mol. The number of methoxy groups -OCH3 is 3. The number of benzene rings is 1. The van der Waals surface area contributed by atoms with Crippen LogP contribution in [0.1, 0.15) is 97.5 Å². The molecule has 31 atom stereocenters. The lowest BCUT2D eigenvalue weighted by Crippen LogP contribution is -2.72. The van der Waals surface area contributed by atoms with Gasteiger partial charge in [-0.25, -0.2) is 4.79 Å². The number of esters is 2. The number of aromatic hydroxyl groups is 2. The standard InChI is InChI=1S/C60H86Cl2O32/c1-20(2)52(70)86-48-45-31(91-60(92-45)51-50(77-19-78-51)59(72,26(8)63)27(9)90-60)18-76-55(48)88-56-47(75-13)39(68)44(30(82-56)17-73-11)87-54-40(69)46(43(74-12)23(5)81-54)84-33-16-57(10)49(25(7)80-33)93-58(94-57)15-29(65)42(24(6)89-58)83-32-14-28(64)41(22(4)79-32)85-53(71)34-21(3)35(61)38(67)36(62)37(34)66/h20,22-25,27-33,39-51,54-56,64-69,72H,14-19H2,1-13H3/t22-,23+,24+,25-,27-,28-,29+,30+,31-,32+,33-,39-,40-,41+,42+,43-,44-,45+,46-,47-,48-,49+,50+,51+,54-,55+,56-,57-,58-,59-,60+/m1/s1. The molecule has 0 amide bonds. The zero-order chi connectivity index (χ0) is 68.2. The Morgan fingerprint density at radius 2 is 1.32 bits per heavy atom. The molecule has 94 heavy (non-hydrogen) atoms. The SMILES string of the molecule is COC[C@@H]1O[C@H](O[C@@H]2OC[C@H]3O[C@@]4(O[C@@H]3[C@H]2OC(=O)C(C)C)O[C@H](C)[C@](O)(C(C)=O)[C@H]2OCO[C@@H]24)[C@H](OC)[C@H](O)[C@@H]1O[C@H]1O[C@@H](C)[C@@H](OC)[C@H](O[C@@H]2C[C@@]3(C)O[C@@]4(C[C@H](O)[C@@H](O[C@H]5C[C@@H](O)[C@@H](OC(=O)c6c(C)c(Cl)c(O)c(Cl)c6O)[C@@H](C)O5)[C@H](C)O4)O[C@H]3[C@@H](C)O2)[C@H]1O. The maximum atomic E-state index is 13.4. The highest BCUT2D eigenvalue weighted by molar-refractivity contribution is 6.39. The zero-order valence-corrected chi connectivity index (χ0v) is 55.5. The third kappa shape index (κ3) is 13.0. The minimum absolute atomic E-state index is 0.00412. The monoisotopic (exact) mass is 1390 g/mol. The summed E-state index contributed by atoms with van der Waals surface area (Å²) in [6.45, 7) is 14.8. The van der Waals surface area contributed by atoms with Crippen LogP contribution in [0.5, 0.6) is 11.5 Å². The Bertz CT molecular complexity index is 2840. The highest BCUT2D eigenvalue weighted by Crippen LogP contribution is 2.53. The first kappa shape index (κ1) is 72.3. The zero-order valence-electron chi connectivity index (χ0n) is 54.0. The quantitative estimate of drug-likeness (QED) is 0.106. The van der Waals surface area contributed by atoms with Crippen molar-refractivity contribution in [3.8, 4) is 11.5 Å². The van der Waals surface area contributed by atoms with Crippen LogP contribution in [0.2, 0.25) is 10.0 Å². The summed E-state index contributed by atoms with van der Waals surface area (Å²) in [5.74, 6) is -8.30. The van der Waals surface area contributed by atoms with Gasteiger partial charge >= 0.3 is 17.9 Å². The van der Waals surface area contributed by atoms with Gasteiger partial charge in [-0.05, 0) is 61.0 Å². The summed E-state index contributed by atoms with van der Waals surface area (Å²) in [6, 6.07) is 0. The molecule has 10 fully saturated rings. The van der Waals surface area contributed by atoms with Crippen molar-refractivity contribution in [2.45, 2.75) is 277 Å². The van der Waals surface area contributed by atoms with E-state index < -0.39 is 235 Å². The molecule has 11 rings (SSSR count). The molecular weight excluding hydrogens is 1300 g/mol. The van der Waals surface area contributed by atoms with E-state index in [1.807, 2.05) is 0 Å². The van der Waals surface area contributed by atoms with Gasteiger partial charge in [0.1, 0.15) is 96.2 Å². The fourth-order valence-corrected chi connectivity index (χ4v) is 14.8. The summed E-state index contributed by atoms with van der Waals surface area (Å²) in [7, 11) is 4.09. The molecule has 10 aliphatic heterocycles. The van der Waals surface area contributed by atoms with Crippen LogP contribution in [0, 0.1) is 12.8 Å². The first-order chi connectivity index (χ1) is 44.3. The van der Waals surface area contributed by atoms with Crippen molar-refractivity contribution in [2.75, 3.05) is 41.3 Å². The largest absolute Gasteiger partial charge is 0.505 e. The molecule has 532 valence electrons. The van der Waals surface area contributed by atoms with Crippen molar-refractivity contribution < 1.29 is 154 Å². The molecule has 0 aliphatic carbocycles. The van der Waals surface area contributed by atoms with E-state index in [9.17, 15) is 50.1 Å². The van der Waals surface area contributed by atoms with Crippen molar-refractivity contribution in [1.82, 2.24) is 0 Å². The Balaban J connectivity index is 0.723. The minimum atomic E-state index is -2.13. The Labute approximate surface area is 550 Å². The molecule has 0 radical (unpaired) electrons. The molecule has 0 bridgehead atoms. The summed E-state index contributed by atoms with van der Waals surface area (Å²) in [5, 5.41) is 78.9. The molecule has 10 aliphatic rings. The van der Waals surface area contributed by atoms with E-state index in [-0.39, 0.29) is 49.9 Å².